The van der Waals surface area contributed by atoms with Crippen molar-refractivity contribution in [2.24, 2.45) is 0 Å². The Morgan fingerprint density at radius 2 is 1.65 bits per heavy atom. The molecule has 0 bridgehead atoms. The highest BCUT2D eigenvalue weighted by molar-refractivity contribution is 7.92. The maximum atomic E-state index is 12.8. The molecule has 4 rings (SSSR count). The molecular weight excluding hydrogens is 346 g/mol. The summed E-state index contributed by atoms with van der Waals surface area (Å²) < 4.78 is 25.6. The first kappa shape index (κ1) is 16.8. The summed E-state index contributed by atoms with van der Waals surface area (Å²) in [5.41, 5.74) is 1.92. The molecule has 3 aromatic rings. The highest BCUT2D eigenvalue weighted by Gasteiger charge is 2.27. The molecule has 0 N–H and O–H groups in total. The van der Waals surface area contributed by atoms with Gasteiger partial charge in [0.15, 0.2) is 9.84 Å². The molecule has 0 saturated carbocycles. The second-order valence-electron chi connectivity index (χ2n) is 6.55. The van der Waals surface area contributed by atoms with Crippen molar-refractivity contribution in [3.63, 3.8) is 0 Å². The van der Waals surface area contributed by atoms with Crippen LogP contribution in [-0.2, 0) is 21.1 Å². The van der Waals surface area contributed by atoms with Crippen LogP contribution in [0.4, 0.5) is 5.69 Å². The second-order valence-corrected chi connectivity index (χ2v) is 8.54. The monoisotopic (exact) mass is 365 g/mol. The summed E-state index contributed by atoms with van der Waals surface area (Å²) in [6.45, 7) is 0.559. The Morgan fingerprint density at radius 1 is 0.923 bits per heavy atom. The van der Waals surface area contributed by atoms with Gasteiger partial charge in [0.2, 0.25) is 5.91 Å². The first-order chi connectivity index (χ1) is 12.5. The first-order valence-electron chi connectivity index (χ1n) is 8.64. The second kappa shape index (κ2) is 6.57. The Kier molecular flexibility index (Phi) is 4.24. The molecule has 1 heterocycles. The van der Waals surface area contributed by atoms with Gasteiger partial charge >= 0.3 is 0 Å². The minimum atomic E-state index is -3.69. The highest BCUT2D eigenvalue weighted by atomic mass is 32.2. The lowest BCUT2D eigenvalue weighted by atomic mass is 10.0. The number of hydrogen-bond donors (Lipinski definition) is 0. The largest absolute Gasteiger partial charge is 0.311 e. The van der Waals surface area contributed by atoms with Gasteiger partial charge in [0.05, 0.1) is 4.90 Å². The molecule has 1 aliphatic heterocycles. The Morgan fingerprint density at radius 3 is 2.50 bits per heavy atom. The van der Waals surface area contributed by atoms with E-state index in [-0.39, 0.29) is 10.8 Å². The predicted octanol–water partition coefficient (Wildman–Crippen LogP) is 3.59. The molecule has 1 amide bonds. The van der Waals surface area contributed by atoms with Crippen LogP contribution in [0.15, 0.2) is 71.6 Å². The summed E-state index contributed by atoms with van der Waals surface area (Å²) in [6.07, 6.45) is 1.76. The van der Waals surface area contributed by atoms with E-state index < -0.39 is 15.6 Å². The standard InChI is InChI=1S/C21H19NO3S/c23-21(22-13-5-9-17-7-3-4-10-20(17)22)15-26(24,25)19-12-11-16-6-1-2-8-18(16)14-19/h1-4,6-8,10-12,14H,5,9,13,15H2. The van der Waals surface area contributed by atoms with E-state index in [4.69, 9.17) is 0 Å². The smallest absolute Gasteiger partial charge is 0.242 e. The van der Waals surface area contributed by atoms with Gasteiger partial charge in [-0.2, -0.15) is 0 Å². The zero-order chi connectivity index (χ0) is 18.1. The van der Waals surface area contributed by atoms with E-state index in [0.29, 0.717) is 6.54 Å². The number of hydrogen-bond acceptors (Lipinski definition) is 3. The Balaban J connectivity index is 1.62. The van der Waals surface area contributed by atoms with Gasteiger partial charge in [-0.25, -0.2) is 8.42 Å². The lowest BCUT2D eigenvalue weighted by Crippen LogP contribution is -2.39. The van der Waals surface area contributed by atoms with E-state index in [2.05, 4.69) is 0 Å². The van der Waals surface area contributed by atoms with E-state index in [1.165, 1.54) is 0 Å². The first-order valence-corrected chi connectivity index (χ1v) is 10.3. The van der Waals surface area contributed by atoms with Gasteiger partial charge in [-0.05, 0) is 47.4 Å². The normalized spacial score (nSPS) is 14.2. The molecule has 0 aliphatic carbocycles. The van der Waals surface area contributed by atoms with Crippen molar-refractivity contribution in [1.29, 1.82) is 0 Å². The molecular formula is C21H19NO3S. The number of nitrogens with zero attached hydrogens (tertiary/aromatic N) is 1. The van der Waals surface area contributed by atoms with Crippen molar-refractivity contribution < 1.29 is 13.2 Å². The summed E-state index contributed by atoms with van der Waals surface area (Å²) in [5.74, 6) is -0.884. The topological polar surface area (TPSA) is 54.5 Å². The lowest BCUT2D eigenvalue weighted by Gasteiger charge is -2.29. The van der Waals surface area contributed by atoms with Gasteiger partial charge in [-0.15, -0.1) is 0 Å². The molecule has 132 valence electrons. The van der Waals surface area contributed by atoms with Crippen LogP contribution in [0.25, 0.3) is 10.8 Å². The van der Waals surface area contributed by atoms with E-state index in [0.717, 1.165) is 34.9 Å². The highest BCUT2D eigenvalue weighted by Crippen LogP contribution is 2.27. The summed E-state index contributed by atoms with van der Waals surface area (Å²) in [5, 5.41) is 1.83. The van der Waals surface area contributed by atoms with Crippen LogP contribution in [0.5, 0.6) is 0 Å². The van der Waals surface area contributed by atoms with Crippen LogP contribution in [-0.4, -0.2) is 26.6 Å². The Labute approximate surface area is 153 Å². The van der Waals surface area contributed by atoms with Crippen molar-refractivity contribution in [2.45, 2.75) is 17.7 Å². The minimum Gasteiger partial charge on any atom is -0.311 e. The molecule has 5 heteroatoms. The zero-order valence-corrected chi connectivity index (χ0v) is 15.1. The third-order valence-electron chi connectivity index (χ3n) is 4.80. The Bertz CT molecular complexity index is 1090. The van der Waals surface area contributed by atoms with Crippen molar-refractivity contribution in [3.05, 3.63) is 72.3 Å². The van der Waals surface area contributed by atoms with Crippen LogP contribution in [0.2, 0.25) is 0 Å². The molecule has 0 spiro atoms. The third-order valence-corrected chi connectivity index (χ3v) is 6.40. The Hall–Kier alpha value is -2.66. The molecule has 0 unspecified atom stereocenters. The molecule has 0 atom stereocenters. The molecule has 0 aromatic heterocycles. The fourth-order valence-corrected chi connectivity index (χ4v) is 4.71. The number of benzene rings is 3. The third kappa shape index (κ3) is 3.10. The van der Waals surface area contributed by atoms with Crippen LogP contribution in [0.1, 0.15) is 12.0 Å². The molecule has 3 aromatic carbocycles. The molecule has 0 fully saturated rings. The van der Waals surface area contributed by atoms with Gasteiger partial charge in [0.25, 0.3) is 0 Å². The molecule has 0 saturated heterocycles. The van der Waals surface area contributed by atoms with Crippen LogP contribution in [0, 0.1) is 0 Å². The fourth-order valence-electron chi connectivity index (χ4n) is 3.48. The van der Waals surface area contributed by atoms with Gasteiger partial charge in [-0.1, -0.05) is 48.5 Å². The number of rotatable bonds is 3. The average Bonchev–Trinajstić information content (AvgIpc) is 2.66. The number of para-hydroxylation sites is 1. The van der Waals surface area contributed by atoms with Gasteiger partial charge in [-0.3, -0.25) is 4.79 Å². The van der Waals surface area contributed by atoms with Crippen molar-refractivity contribution >= 4 is 32.2 Å². The quantitative estimate of drug-likeness (QED) is 0.713. The van der Waals surface area contributed by atoms with Gasteiger partial charge in [0, 0.05) is 12.2 Å². The van der Waals surface area contributed by atoms with Gasteiger partial charge < -0.3 is 4.90 Å². The maximum Gasteiger partial charge on any atom is 0.242 e. The number of fused-ring (bicyclic) bond motifs is 2. The van der Waals surface area contributed by atoms with E-state index in [1.54, 1.807) is 23.1 Å². The van der Waals surface area contributed by atoms with Gasteiger partial charge in [0.1, 0.15) is 5.75 Å². The van der Waals surface area contributed by atoms with Crippen molar-refractivity contribution in [2.75, 3.05) is 17.2 Å². The predicted molar refractivity (Wildman–Crippen MR) is 103 cm³/mol. The number of sulfone groups is 1. The molecule has 0 radical (unpaired) electrons. The number of aryl methyl sites for hydroxylation is 1. The van der Waals surface area contributed by atoms with Crippen molar-refractivity contribution in [1.82, 2.24) is 0 Å². The van der Waals surface area contributed by atoms with E-state index in [1.807, 2.05) is 48.5 Å². The SMILES string of the molecule is O=C(CS(=O)(=O)c1ccc2ccccc2c1)N1CCCc2ccccc21. The number of carbonyl (C=O) groups excluding carboxylic acids is 1. The zero-order valence-electron chi connectivity index (χ0n) is 14.3. The maximum absolute atomic E-state index is 12.8. The summed E-state index contributed by atoms with van der Waals surface area (Å²) >= 11 is 0. The van der Waals surface area contributed by atoms with E-state index >= 15 is 0 Å². The van der Waals surface area contributed by atoms with E-state index in [9.17, 15) is 13.2 Å². The minimum absolute atomic E-state index is 0.190. The average molecular weight is 365 g/mol. The number of carbonyl (C=O) groups is 1. The summed E-state index contributed by atoms with van der Waals surface area (Å²) in [6, 6.07) is 20.3. The fraction of sp³-hybridized carbons (Fsp3) is 0.190. The molecule has 1 aliphatic rings. The number of anilines is 1. The molecule has 26 heavy (non-hydrogen) atoms. The summed E-state index contributed by atoms with van der Waals surface area (Å²) in [4.78, 5) is 14.6. The van der Waals surface area contributed by atoms with Crippen LogP contribution in [0.3, 0.4) is 0 Å². The van der Waals surface area contributed by atoms with Crippen LogP contribution < -0.4 is 4.90 Å². The van der Waals surface area contributed by atoms with Crippen molar-refractivity contribution in [3.8, 4) is 0 Å². The lowest BCUT2D eigenvalue weighted by molar-refractivity contribution is -0.116. The van der Waals surface area contributed by atoms with Crippen LogP contribution >= 0.6 is 0 Å². The number of amides is 1. The molecule has 4 nitrogen and oxygen atoms in total. The summed E-state index contributed by atoms with van der Waals surface area (Å²) in [7, 11) is -3.69.